The molecule has 0 fully saturated rings. The van der Waals surface area contributed by atoms with Crippen molar-refractivity contribution in [1.82, 2.24) is 0 Å². The van der Waals surface area contributed by atoms with Crippen LogP contribution < -0.4 is 11.1 Å². The van der Waals surface area contributed by atoms with E-state index in [4.69, 9.17) is 10.5 Å². The minimum Gasteiger partial charge on any atom is -0.399 e. The lowest BCUT2D eigenvalue weighted by atomic mass is 10.1. The highest BCUT2D eigenvalue weighted by Gasteiger charge is 2.17. The summed E-state index contributed by atoms with van der Waals surface area (Å²) >= 11 is 0. The Morgan fingerprint density at radius 3 is 2.67 bits per heavy atom. The van der Waals surface area contributed by atoms with Gasteiger partial charge in [0.25, 0.3) is 0 Å². The van der Waals surface area contributed by atoms with E-state index in [-0.39, 0.29) is 18.1 Å². The molecule has 1 amide bonds. The second-order valence-corrected chi connectivity index (χ2v) is 5.02. The number of nitrogens with one attached hydrogen (secondary N) is 1. The molecule has 100 valence electrons. The summed E-state index contributed by atoms with van der Waals surface area (Å²) in [6, 6.07) is 5.39. The van der Waals surface area contributed by atoms with Crippen molar-refractivity contribution in [2.75, 3.05) is 17.7 Å². The Hall–Kier alpha value is -1.55. The van der Waals surface area contributed by atoms with Gasteiger partial charge in [-0.15, -0.1) is 0 Å². The second-order valence-electron chi connectivity index (χ2n) is 5.02. The molecule has 0 bridgehead atoms. The molecule has 0 saturated carbocycles. The molecule has 3 N–H and O–H groups in total. The molecule has 0 spiro atoms. The summed E-state index contributed by atoms with van der Waals surface area (Å²) in [6.45, 7) is 7.93. The molecule has 1 rings (SSSR count). The van der Waals surface area contributed by atoms with Crippen LogP contribution in [0.1, 0.15) is 32.8 Å². The van der Waals surface area contributed by atoms with Gasteiger partial charge in [-0.3, -0.25) is 4.79 Å². The molecule has 0 aliphatic rings. The van der Waals surface area contributed by atoms with Crippen molar-refractivity contribution in [3.8, 4) is 0 Å². The molecule has 0 aliphatic heterocycles. The van der Waals surface area contributed by atoms with Gasteiger partial charge >= 0.3 is 0 Å². The quantitative estimate of drug-likeness (QED) is 0.790. The van der Waals surface area contributed by atoms with E-state index in [1.54, 1.807) is 12.1 Å². The van der Waals surface area contributed by atoms with E-state index < -0.39 is 0 Å². The van der Waals surface area contributed by atoms with Crippen molar-refractivity contribution < 1.29 is 9.53 Å². The van der Waals surface area contributed by atoms with Gasteiger partial charge in [-0.2, -0.15) is 0 Å². The van der Waals surface area contributed by atoms with Crippen molar-refractivity contribution >= 4 is 17.3 Å². The lowest BCUT2D eigenvalue weighted by molar-refractivity contribution is -0.126. The molecule has 0 heterocycles. The maximum atomic E-state index is 11.7. The highest BCUT2D eigenvalue weighted by molar-refractivity contribution is 5.92. The van der Waals surface area contributed by atoms with Gasteiger partial charge in [0.1, 0.15) is 6.61 Å². The van der Waals surface area contributed by atoms with Gasteiger partial charge in [0, 0.05) is 11.4 Å². The standard InChI is InChI=1S/C14H22N2O2/c1-5-14(3,4)18-9-13(17)16-12-7-6-11(15)8-10(12)2/h6-8H,5,9,15H2,1-4H3,(H,16,17). The molecular formula is C14H22N2O2. The van der Waals surface area contributed by atoms with E-state index in [1.165, 1.54) is 0 Å². The molecular weight excluding hydrogens is 228 g/mol. The number of ether oxygens (including phenoxy) is 1. The Bertz CT molecular complexity index is 428. The largest absolute Gasteiger partial charge is 0.399 e. The number of anilines is 2. The van der Waals surface area contributed by atoms with Crippen LogP contribution in [0.15, 0.2) is 18.2 Å². The van der Waals surface area contributed by atoms with Crippen LogP contribution in [-0.2, 0) is 9.53 Å². The van der Waals surface area contributed by atoms with Crippen LogP contribution >= 0.6 is 0 Å². The minimum atomic E-state index is -0.270. The summed E-state index contributed by atoms with van der Waals surface area (Å²) in [6.07, 6.45) is 0.862. The van der Waals surface area contributed by atoms with Crippen LogP contribution in [0.5, 0.6) is 0 Å². The first-order chi connectivity index (χ1) is 8.34. The fourth-order valence-electron chi connectivity index (χ4n) is 1.38. The zero-order valence-electron chi connectivity index (χ0n) is 11.5. The maximum absolute atomic E-state index is 11.7. The lowest BCUT2D eigenvalue weighted by Gasteiger charge is -2.23. The average Bonchev–Trinajstić information content (AvgIpc) is 2.30. The highest BCUT2D eigenvalue weighted by Crippen LogP contribution is 2.18. The monoisotopic (exact) mass is 250 g/mol. The van der Waals surface area contributed by atoms with Crippen LogP contribution in [0, 0.1) is 6.92 Å². The summed E-state index contributed by atoms with van der Waals surface area (Å²) in [5.41, 5.74) is 7.79. The van der Waals surface area contributed by atoms with Gasteiger partial charge < -0.3 is 15.8 Å². The van der Waals surface area contributed by atoms with E-state index in [0.29, 0.717) is 5.69 Å². The van der Waals surface area contributed by atoms with Crippen LogP contribution in [0.2, 0.25) is 0 Å². The van der Waals surface area contributed by atoms with Crippen LogP contribution in [0.3, 0.4) is 0 Å². The van der Waals surface area contributed by atoms with Crippen molar-refractivity contribution in [2.24, 2.45) is 0 Å². The van der Waals surface area contributed by atoms with Crippen molar-refractivity contribution in [1.29, 1.82) is 0 Å². The number of rotatable bonds is 5. The molecule has 0 saturated heterocycles. The predicted octanol–water partition coefficient (Wildman–Crippen LogP) is 2.72. The SMILES string of the molecule is CCC(C)(C)OCC(=O)Nc1ccc(N)cc1C. The van der Waals surface area contributed by atoms with E-state index >= 15 is 0 Å². The Balaban J connectivity index is 2.55. The number of nitrogen functional groups attached to an aromatic ring is 1. The first kappa shape index (κ1) is 14.5. The molecule has 0 atom stereocenters. The molecule has 4 heteroatoms. The summed E-state index contributed by atoms with van der Waals surface area (Å²) in [4.78, 5) is 11.7. The second kappa shape index (κ2) is 5.87. The maximum Gasteiger partial charge on any atom is 0.250 e. The third-order valence-electron chi connectivity index (χ3n) is 2.97. The fraction of sp³-hybridized carbons (Fsp3) is 0.500. The molecule has 1 aromatic carbocycles. The number of hydrogen-bond donors (Lipinski definition) is 2. The van der Waals surface area contributed by atoms with E-state index in [1.807, 2.05) is 33.8 Å². The van der Waals surface area contributed by atoms with Crippen LogP contribution in [-0.4, -0.2) is 18.1 Å². The Morgan fingerprint density at radius 1 is 1.44 bits per heavy atom. The van der Waals surface area contributed by atoms with Gasteiger partial charge in [-0.1, -0.05) is 6.92 Å². The van der Waals surface area contributed by atoms with Gasteiger partial charge in [-0.25, -0.2) is 0 Å². The smallest absolute Gasteiger partial charge is 0.250 e. The van der Waals surface area contributed by atoms with Crippen LogP contribution in [0.25, 0.3) is 0 Å². The highest BCUT2D eigenvalue weighted by atomic mass is 16.5. The zero-order valence-corrected chi connectivity index (χ0v) is 11.5. The molecule has 0 unspecified atom stereocenters. The minimum absolute atomic E-state index is 0.0602. The molecule has 0 aliphatic carbocycles. The Morgan fingerprint density at radius 2 is 2.11 bits per heavy atom. The van der Waals surface area contributed by atoms with Gasteiger partial charge in [-0.05, 0) is 51.0 Å². The lowest BCUT2D eigenvalue weighted by Crippen LogP contribution is -2.29. The van der Waals surface area contributed by atoms with Crippen molar-refractivity contribution in [3.63, 3.8) is 0 Å². The Kier molecular flexibility index (Phi) is 4.73. The molecule has 18 heavy (non-hydrogen) atoms. The fourth-order valence-corrected chi connectivity index (χ4v) is 1.38. The van der Waals surface area contributed by atoms with E-state index in [0.717, 1.165) is 17.7 Å². The van der Waals surface area contributed by atoms with Crippen LogP contribution in [0.4, 0.5) is 11.4 Å². The third-order valence-corrected chi connectivity index (χ3v) is 2.97. The number of amides is 1. The summed E-state index contributed by atoms with van der Waals surface area (Å²) in [7, 11) is 0. The molecule has 4 nitrogen and oxygen atoms in total. The Labute approximate surface area is 109 Å². The number of benzene rings is 1. The number of hydrogen-bond acceptors (Lipinski definition) is 3. The average molecular weight is 250 g/mol. The summed E-state index contributed by atoms with van der Waals surface area (Å²) in [5.74, 6) is -0.149. The summed E-state index contributed by atoms with van der Waals surface area (Å²) in [5, 5.41) is 2.81. The van der Waals surface area contributed by atoms with E-state index in [9.17, 15) is 4.79 Å². The van der Waals surface area contributed by atoms with Gasteiger partial charge in [0.2, 0.25) is 5.91 Å². The predicted molar refractivity (Wildman–Crippen MR) is 74.5 cm³/mol. The number of aryl methyl sites for hydroxylation is 1. The van der Waals surface area contributed by atoms with Gasteiger partial charge in [0.15, 0.2) is 0 Å². The molecule has 1 aromatic rings. The number of carbonyl (C=O) groups is 1. The number of carbonyl (C=O) groups excluding carboxylic acids is 1. The van der Waals surface area contributed by atoms with Crippen molar-refractivity contribution in [2.45, 2.75) is 39.7 Å². The summed E-state index contributed by atoms with van der Waals surface area (Å²) < 4.78 is 5.54. The topological polar surface area (TPSA) is 64.3 Å². The molecule has 0 aromatic heterocycles. The first-order valence-electron chi connectivity index (χ1n) is 6.14. The van der Waals surface area contributed by atoms with Crippen molar-refractivity contribution in [3.05, 3.63) is 23.8 Å². The van der Waals surface area contributed by atoms with Gasteiger partial charge in [0.05, 0.1) is 5.60 Å². The number of nitrogens with two attached hydrogens (primary N) is 1. The van der Waals surface area contributed by atoms with E-state index in [2.05, 4.69) is 5.32 Å². The normalized spacial score (nSPS) is 11.3. The molecule has 0 radical (unpaired) electrons. The zero-order chi connectivity index (χ0) is 13.8. The first-order valence-corrected chi connectivity index (χ1v) is 6.14. The third kappa shape index (κ3) is 4.37.